The number of anilines is 1. The van der Waals surface area contributed by atoms with Crippen LogP contribution in [0.5, 0.6) is 0 Å². The van der Waals surface area contributed by atoms with E-state index in [-0.39, 0.29) is 6.61 Å². The quantitative estimate of drug-likeness (QED) is 0.420. The molecule has 4 aromatic rings. The van der Waals surface area contributed by atoms with E-state index < -0.39 is 0 Å². The second-order valence-electron chi connectivity index (χ2n) is 8.46. The predicted octanol–water partition coefficient (Wildman–Crippen LogP) is 3.04. The Balaban J connectivity index is 1.51. The average Bonchev–Trinajstić information content (AvgIpc) is 3.33. The molecule has 3 N–H and O–H groups in total. The second-order valence-corrected chi connectivity index (χ2v) is 9.20. The SMILES string of the molecule is Cn1nc2ccc(-c3[nH]nc4nc(N5[C@@H]6CCC[C@H]5CNC6)c(CO)nc34)c(Cl)c2c1Cl. The first-order valence-corrected chi connectivity index (χ1v) is 11.5. The Bertz CT molecular complexity index is 1330. The molecule has 2 bridgehead atoms. The molecule has 0 saturated carbocycles. The number of rotatable bonds is 3. The number of aromatic nitrogens is 6. The summed E-state index contributed by atoms with van der Waals surface area (Å²) in [6.07, 6.45) is 3.41. The van der Waals surface area contributed by atoms with E-state index in [0.29, 0.717) is 61.3 Å². The molecule has 166 valence electrons. The van der Waals surface area contributed by atoms with Crippen LogP contribution in [0.25, 0.3) is 33.3 Å². The Hall–Kier alpha value is -2.46. The van der Waals surface area contributed by atoms with Crippen molar-refractivity contribution >= 4 is 51.1 Å². The van der Waals surface area contributed by atoms with Gasteiger partial charge < -0.3 is 15.3 Å². The van der Waals surface area contributed by atoms with E-state index in [2.05, 4.69) is 25.5 Å². The molecule has 2 saturated heterocycles. The molecular weight excluding hydrogens is 451 g/mol. The van der Waals surface area contributed by atoms with E-state index in [0.717, 1.165) is 31.7 Å². The molecule has 9 nitrogen and oxygen atoms in total. The Labute approximate surface area is 193 Å². The van der Waals surface area contributed by atoms with E-state index in [9.17, 15) is 5.11 Å². The number of hydrogen-bond donors (Lipinski definition) is 3. The van der Waals surface area contributed by atoms with Crippen molar-refractivity contribution in [2.75, 3.05) is 18.0 Å². The first-order valence-electron chi connectivity index (χ1n) is 10.7. The average molecular weight is 473 g/mol. The molecule has 2 fully saturated rings. The number of nitrogens with one attached hydrogen (secondary N) is 2. The third-order valence-corrected chi connectivity index (χ3v) is 7.42. The molecule has 2 aliphatic rings. The summed E-state index contributed by atoms with van der Waals surface area (Å²) in [5, 5.41) is 27.2. The molecule has 0 amide bonds. The fourth-order valence-electron chi connectivity index (χ4n) is 5.10. The lowest BCUT2D eigenvalue weighted by atomic mass is 9.92. The molecule has 0 radical (unpaired) electrons. The van der Waals surface area contributed by atoms with Crippen LogP contribution in [0.1, 0.15) is 25.0 Å². The zero-order chi connectivity index (χ0) is 22.0. The molecule has 0 spiro atoms. The number of benzene rings is 1. The minimum atomic E-state index is -0.201. The summed E-state index contributed by atoms with van der Waals surface area (Å²) in [5.74, 6) is 0.728. The van der Waals surface area contributed by atoms with Gasteiger partial charge in [-0.15, -0.1) is 0 Å². The van der Waals surface area contributed by atoms with Crippen LogP contribution < -0.4 is 10.2 Å². The van der Waals surface area contributed by atoms with E-state index in [1.54, 1.807) is 11.7 Å². The summed E-state index contributed by atoms with van der Waals surface area (Å²) in [4.78, 5) is 12.0. The molecule has 3 aromatic heterocycles. The van der Waals surface area contributed by atoms with Gasteiger partial charge in [-0.2, -0.15) is 10.2 Å². The Morgan fingerprint density at radius 1 is 1.16 bits per heavy atom. The molecule has 2 atom stereocenters. The van der Waals surface area contributed by atoms with Crippen LogP contribution in [0.4, 0.5) is 5.82 Å². The lowest BCUT2D eigenvalue weighted by Gasteiger charge is -2.47. The van der Waals surface area contributed by atoms with Crippen molar-refractivity contribution in [1.82, 2.24) is 35.3 Å². The molecule has 0 aliphatic carbocycles. The highest BCUT2D eigenvalue weighted by molar-refractivity contribution is 6.43. The van der Waals surface area contributed by atoms with Gasteiger partial charge in [0.2, 0.25) is 5.65 Å². The van der Waals surface area contributed by atoms with Crippen molar-refractivity contribution in [1.29, 1.82) is 0 Å². The van der Waals surface area contributed by atoms with Crippen molar-refractivity contribution in [3.8, 4) is 11.3 Å². The first kappa shape index (κ1) is 20.2. The zero-order valence-corrected chi connectivity index (χ0v) is 19.0. The molecular formula is C21H22Cl2N8O. The van der Waals surface area contributed by atoms with Gasteiger partial charge in [-0.05, 0) is 31.4 Å². The Kier molecular flexibility index (Phi) is 4.76. The third kappa shape index (κ3) is 2.92. The maximum atomic E-state index is 10.2. The van der Waals surface area contributed by atoms with Gasteiger partial charge in [0.15, 0.2) is 5.82 Å². The highest BCUT2D eigenvalue weighted by Crippen LogP contribution is 2.39. The summed E-state index contributed by atoms with van der Waals surface area (Å²) in [6.45, 7) is 1.62. The maximum absolute atomic E-state index is 10.2. The number of fused-ring (bicyclic) bond motifs is 4. The van der Waals surface area contributed by atoms with Gasteiger partial charge in [0.25, 0.3) is 0 Å². The van der Waals surface area contributed by atoms with Crippen LogP contribution in [0, 0.1) is 0 Å². The van der Waals surface area contributed by atoms with Crippen molar-refractivity contribution in [2.45, 2.75) is 38.0 Å². The number of nitrogens with zero attached hydrogens (tertiary/aromatic N) is 6. The molecule has 6 rings (SSSR count). The van der Waals surface area contributed by atoms with Crippen LogP contribution in [0.3, 0.4) is 0 Å². The van der Waals surface area contributed by atoms with Crippen LogP contribution >= 0.6 is 23.2 Å². The van der Waals surface area contributed by atoms with E-state index >= 15 is 0 Å². The maximum Gasteiger partial charge on any atom is 0.202 e. The molecule has 1 aromatic carbocycles. The van der Waals surface area contributed by atoms with Gasteiger partial charge in [-0.3, -0.25) is 9.78 Å². The minimum Gasteiger partial charge on any atom is -0.390 e. The monoisotopic (exact) mass is 472 g/mol. The van der Waals surface area contributed by atoms with E-state index in [1.807, 2.05) is 12.1 Å². The number of piperidine rings is 1. The lowest BCUT2D eigenvalue weighted by Crippen LogP contribution is -2.60. The van der Waals surface area contributed by atoms with Crippen molar-refractivity contribution < 1.29 is 5.11 Å². The summed E-state index contributed by atoms with van der Waals surface area (Å²) >= 11 is 13.2. The third-order valence-electron chi connectivity index (χ3n) is 6.59. The Morgan fingerprint density at radius 2 is 1.94 bits per heavy atom. The first-order chi connectivity index (χ1) is 15.6. The van der Waals surface area contributed by atoms with Gasteiger partial charge in [-0.1, -0.05) is 23.2 Å². The number of aliphatic hydroxyl groups excluding tert-OH is 1. The highest BCUT2D eigenvalue weighted by atomic mass is 35.5. The van der Waals surface area contributed by atoms with Crippen LogP contribution in [-0.4, -0.2) is 60.2 Å². The van der Waals surface area contributed by atoms with Crippen molar-refractivity contribution in [3.63, 3.8) is 0 Å². The van der Waals surface area contributed by atoms with Gasteiger partial charge >= 0.3 is 0 Å². The predicted molar refractivity (Wildman–Crippen MR) is 124 cm³/mol. The summed E-state index contributed by atoms with van der Waals surface area (Å²) in [6, 6.07) is 4.44. The molecule has 5 heterocycles. The van der Waals surface area contributed by atoms with Gasteiger partial charge in [0.1, 0.15) is 16.4 Å². The number of hydrogen-bond acceptors (Lipinski definition) is 7. The Morgan fingerprint density at radius 3 is 2.69 bits per heavy atom. The largest absolute Gasteiger partial charge is 0.390 e. The number of aromatic amines is 1. The van der Waals surface area contributed by atoms with E-state index in [4.69, 9.17) is 33.2 Å². The number of aryl methyl sites for hydroxylation is 1. The minimum absolute atomic E-state index is 0.201. The van der Waals surface area contributed by atoms with Gasteiger partial charge in [0.05, 0.1) is 28.2 Å². The highest BCUT2D eigenvalue weighted by Gasteiger charge is 2.36. The van der Waals surface area contributed by atoms with Crippen LogP contribution in [0.2, 0.25) is 10.2 Å². The van der Waals surface area contributed by atoms with E-state index in [1.165, 1.54) is 6.42 Å². The molecule has 0 unspecified atom stereocenters. The number of halogens is 2. The standard InChI is InChI=1S/C21H22Cl2N8O/c1-30-19(23)15-13(29-30)6-5-12(16(15)22)17-18-20(28-27-17)26-21(14(9-32)25-18)31-10-3-2-4-11(31)8-24-7-10/h5-6,10-11,24,32H,2-4,7-9H2,1H3,(H,26,27,28)/t10-,11+. The van der Waals surface area contributed by atoms with Crippen molar-refractivity contribution in [3.05, 3.63) is 28.0 Å². The van der Waals surface area contributed by atoms with Crippen LogP contribution in [-0.2, 0) is 13.7 Å². The molecule has 32 heavy (non-hydrogen) atoms. The fourth-order valence-corrected chi connectivity index (χ4v) is 5.72. The molecule has 2 aliphatic heterocycles. The summed E-state index contributed by atoms with van der Waals surface area (Å²) < 4.78 is 1.59. The topological polar surface area (TPSA) is 108 Å². The lowest BCUT2D eigenvalue weighted by molar-refractivity contribution is 0.271. The summed E-state index contributed by atoms with van der Waals surface area (Å²) in [5.41, 5.74) is 3.68. The van der Waals surface area contributed by atoms with Crippen LogP contribution in [0.15, 0.2) is 12.1 Å². The second kappa shape index (κ2) is 7.55. The number of H-pyrrole nitrogens is 1. The normalized spacial score (nSPS) is 21.1. The molecule has 11 heteroatoms. The van der Waals surface area contributed by atoms with Gasteiger partial charge in [0, 0.05) is 37.8 Å². The number of aliphatic hydroxyl groups is 1. The zero-order valence-electron chi connectivity index (χ0n) is 17.4. The fraction of sp³-hybridized carbons (Fsp3) is 0.429. The van der Waals surface area contributed by atoms with Crippen molar-refractivity contribution in [2.24, 2.45) is 7.05 Å². The smallest absolute Gasteiger partial charge is 0.202 e. The van der Waals surface area contributed by atoms with Gasteiger partial charge in [-0.25, -0.2) is 9.97 Å². The number of piperazine rings is 1. The summed E-state index contributed by atoms with van der Waals surface area (Å²) in [7, 11) is 1.77.